The fraction of sp³-hybridized carbons (Fsp3) is 0.250. The lowest BCUT2D eigenvalue weighted by Gasteiger charge is -2.07. The minimum absolute atomic E-state index is 0.0153. The van der Waals surface area contributed by atoms with Gasteiger partial charge in [-0.25, -0.2) is 14.1 Å². The molecule has 0 aliphatic rings. The van der Waals surface area contributed by atoms with Gasteiger partial charge < -0.3 is 5.11 Å². The van der Waals surface area contributed by atoms with E-state index in [1.807, 2.05) is 0 Å². The molecule has 0 fully saturated rings. The summed E-state index contributed by atoms with van der Waals surface area (Å²) in [4.78, 5) is 14.4. The number of nitrogens with zero attached hydrogens (tertiary/aromatic N) is 3. The highest BCUT2D eigenvalue weighted by Gasteiger charge is 2.10. The minimum atomic E-state index is -0.877. The Labute approximate surface area is 103 Å². The first kappa shape index (κ1) is 12.2. The molecule has 0 aliphatic heterocycles. The Balaban J connectivity index is 2.33. The Hall–Kier alpha value is -2.24. The number of hydrogen-bond acceptors (Lipinski definition) is 3. The number of carbonyl (C=O) groups is 1. The predicted octanol–water partition coefficient (Wildman–Crippen LogP) is 1.73. The molecular weight excluding hydrogens is 237 g/mol. The highest BCUT2D eigenvalue weighted by atomic mass is 19.1. The van der Waals surface area contributed by atoms with Crippen molar-refractivity contribution in [2.45, 2.75) is 19.8 Å². The van der Waals surface area contributed by atoms with Gasteiger partial charge >= 0.3 is 5.97 Å². The van der Waals surface area contributed by atoms with Gasteiger partial charge in [-0.15, -0.1) is 0 Å². The first-order chi connectivity index (χ1) is 8.58. The van der Waals surface area contributed by atoms with Crippen LogP contribution < -0.4 is 0 Å². The van der Waals surface area contributed by atoms with Gasteiger partial charge in [0.15, 0.2) is 0 Å². The van der Waals surface area contributed by atoms with E-state index >= 15 is 0 Å². The first-order valence-electron chi connectivity index (χ1n) is 5.45. The molecule has 0 spiro atoms. The van der Waals surface area contributed by atoms with E-state index in [9.17, 15) is 9.18 Å². The molecule has 0 unspecified atom stereocenters. The first-order valence-corrected chi connectivity index (χ1v) is 5.45. The van der Waals surface area contributed by atoms with E-state index in [0.29, 0.717) is 12.2 Å². The third kappa shape index (κ3) is 2.53. The van der Waals surface area contributed by atoms with Crippen molar-refractivity contribution in [3.05, 3.63) is 41.7 Å². The van der Waals surface area contributed by atoms with E-state index in [1.165, 1.54) is 17.1 Å². The largest absolute Gasteiger partial charge is 0.481 e. The van der Waals surface area contributed by atoms with Crippen molar-refractivity contribution in [2.75, 3.05) is 0 Å². The van der Waals surface area contributed by atoms with Crippen molar-refractivity contribution in [1.29, 1.82) is 0 Å². The number of aromatic nitrogens is 3. The molecule has 1 aromatic heterocycles. The lowest BCUT2D eigenvalue weighted by atomic mass is 10.1. The van der Waals surface area contributed by atoms with Crippen molar-refractivity contribution < 1.29 is 14.3 Å². The summed E-state index contributed by atoms with van der Waals surface area (Å²) < 4.78 is 15.1. The monoisotopic (exact) mass is 249 g/mol. The molecule has 1 aromatic carbocycles. The number of carboxylic acids is 1. The molecule has 0 saturated carbocycles. The van der Waals surface area contributed by atoms with E-state index in [-0.39, 0.29) is 12.1 Å². The van der Waals surface area contributed by atoms with Crippen molar-refractivity contribution in [3.8, 4) is 5.69 Å². The Bertz CT molecular complexity index is 580. The minimum Gasteiger partial charge on any atom is -0.481 e. The Morgan fingerprint density at radius 3 is 2.89 bits per heavy atom. The van der Waals surface area contributed by atoms with Crippen LogP contribution in [0.25, 0.3) is 5.69 Å². The maximum atomic E-state index is 13.7. The van der Waals surface area contributed by atoms with Gasteiger partial charge in [0.2, 0.25) is 0 Å². The van der Waals surface area contributed by atoms with Crippen LogP contribution in [-0.4, -0.2) is 25.8 Å². The number of carboxylic acid groups (broad SMARTS) is 1. The number of rotatable bonds is 4. The Kier molecular flexibility index (Phi) is 3.36. The lowest BCUT2D eigenvalue weighted by molar-refractivity contribution is -0.136. The maximum Gasteiger partial charge on any atom is 0.303 e. The van der Waals surface area contributed by atoms with Crippen LogP contribution in [0.4, 0.5) is 4.39 Å². The quantitative estimate of drug-likeness (QED) is 0.896. The van der Waals surface area contributed by atoms with Crippen molar-refractivity contribution in [1.82, 2.24) is 14.8 Å². The zero-order valence-electron chi connectivity index (χ0n) is 9.80. The molecule has 5 nitrogen and oxygen atoms in total. The third-order valence-electron chi connectivity index (χ3n) is 2.58. The summed E-state index contributed by atoms with van der Waals surface area (Å²) >= 11 is 0. The molecule has 0 atom stereocenters. The molecule has 0 saturated heterocycles. The highest BCUT2D eigenvalue weighted by molar-refractivity contribution is 5.67. The topological polar surface area (TPSA) is 68.0 Å². The van der Waals surface area contributed by atoms with Gasteiger partial charge in [0, 0.05) is 6.42 Å². The van der Waals surface area contributed by atoms with Crippen molar-refractivity contribution >= 4 is 5.97 Å². The van der Waals surface area contributed by atoms with Gasteiger partial charge in [0.1, 0.15) is 23.7 Å². The standard InChI is InChI=1S/C12H12FN3O2/c1-8-14-7-15-16(8)11-6-9(2-4-10(11)13)3-5-12(17)18/h2,4,6-7H,3,5H2,1H3,(H,17,18). The normalized spacial score (nSPS) is 10.6. The zero-order valence-corrected chi connectivity index (χ0v) is 9.80. The fourth-order valence-electron chi connectivity index (χ4n) is 1.66. The molecule has 6 heteroatoms. The Morgan fingerprint density at radius 2 is 2.28 bits per heavy atom. The van der Waals surface area contributed by atoms with Crippen molar-refractivity contribution in [3.63, 3.8) is 0 Å². The second-order valence-corrected chi connectivity index (χ2v) is 3.90. The molecule has 18 heavy (non-hydrogen) atoms. The zero-order chi connectivity index (χ0) is 13.1. The van der Waals surface area contributed by atoms with Gasteiger partial charge in [-0.3, -0.25) is 4.79 Å². The van der Waals surface area contributed by atoms with E-state index in [4.69, 9.17) is 5.11 Å². The van der Waals surface area contributed by atoms with Crippen LogP contribution in [0.3, 0.4) is 0 Å². The molecule has 0 radical (unpaired) electrons. The summed E-state index contributed by atoms with van der Waals surface area (Å²) in [6, 6.07) is 4.49. The summed E-state index contributed by atoms with van der Waals surface area (Å²) in [6.07, 6.45) is 1.72. The van der Waals surface area contributed by atoms with Crippen molar-refractivity contribution in [2.24, 2.45) is 0 Å². The molecule has 1 heterocycles. The van der Waals surface area contributed by atoms with Crippen LogP contribution >= 0.6 is 0 Å². The number of benzene rings is 1. The van der Waals surface area contributed by atoms with Gasteiger partial charge in [0.05, 0.1) is 0 Å². The Morgan fingerprint density at radius 1 is 1.50 bits per heavy atom. The second kappa shape index (κ2) is 4.95. The van der Waals surface area contributed by atoms with E-state index in [1.54, 1.807) is 19.1 Å². The number of halogens is 1. The van der Waals surface area contributed by atoms with Crippen LogP contribution in [0.5, 0.6) is 0 Å². The smallest absolute Gasteiger partial charge is 0.303 e. The molecule has 1 N–H and O–H groups in total. The second-order valence-electron chi connectivity index (χ2n) is 3.90. The lowest BCUT2D eigenvalue weighted by Crippen LogP contribution is -2.04. The molecule has 94 valence electrons. The van der Waals surface area contributed by atoms with Gasteiger partial charge in [0.25, 0.3) is 0 Å². The maximum absolute atomic E-state index is 13.7. The molecule has 2 aromatic rings. The summed E-state index contributed by atoms with van der Waals surface area (Å²) in [5, 5.41) is 12.6. The molecule has 0 aliphatic carbocycles. The van der Waals surface area contributed by atoms with Crippen LogP contribution in [0.1, 0.15) is 17.8 Å². The third-order valence-corrected chi connectivity index (χ3v) is 2.58. The molecule has 0 amide bonds. The van der Waals surface area contributed by atoms with Gasteiger partial charge in [-0.1, -0.05) is 6.07 Å². The summed E-state index contributed by atoms with van der Waals surface area (Å²) in [6.45, 7) is 1.72. The summed E-state index contributed by atoms with van der Waals surface area (Å²) in [5.41, 5.74) is 1.04. The fourth-order valence-corrected chi connectivity index (χ4v) is 1.66. The SMILES string of the molecule is Cc1ncnn1-c1cc(CCC(=O)O)ccc1F. The highest BCUT2D eigenvalue weighted by Crippen LogP contribution is 2.16. The van der Waals surface area contributed by atoms with E-state index in [0.717, 1.165) is 5.56 Å². The van der Waals surface area contributed by atoms with Crippen LogP contribution in [0, 0.1) is 12.7 Å². The van der Waals surface area contributed by atoms with E-state index in [2.05, 4.69) is 10.1 Å². The summed E-state index contributed by atoms with van der Waals surface area (Å²) in [7, 11) is 0. The van der Waals surface area contributed by atoms with Crippen LogP contribution in [-0.2, 0) is 11.2 Å². The molecule has 0 bridgehead atoms. The molecule has 2 rings (SSSR count). The van der Waals surface area contributed by atoms with Crippen LogP contribution in [0.15, 0.2) is 24.5 Å². The number of aryl methyl sites for hydroxylation is 2. The van der Waals surface area contributed by atoms with E-state index < -0.39 is 11.8 Å². The average Bonchev–Trinajstić information content (AvgIpc) is 2.74. The predicted molar refractivity (Wildman–Crippen MR) is 62.0 cm³/mol. The summed E-state index contributed by atoms with van der Waals surface area (Å²) in [5.74, 6) is -0.718. The average molecular weight is 249 g/mol. The van der Waals surface area contributed by atoms with Gasteiger partial charge in [-0.2, -0.15) is 5.10 Å². The van der Waals surface area contributed by atoms with Crippen LogP contribution in [0.2, 0.25) is 0 Å². The number of hydrogen-bond donors (Lipinski definition) is 1. The van der Waals surface area contributed by atoms with Gasteiger partial charge in [-0.05, 0) is 31.0 Å². The molecular formula is C12H12FN3O2. The number of aliphatic carboxylic acids is 1.